The van der Waals surface area contributed by atoms with Gasteiger partial charge in [0.25, 0.3) is 0 Å². The average Bonchev–Trinajstić information content (AvgIpc) is 3.45. The summed E-state index contributed by atoms with van der Waals surface area (Å²) in [6, 6.07) is 12.7. The summed E-state index contributed by atoms with van der Waals surface area (Å²) in [5.74, 6) is -2.04. The van der Waals surface area contributed by atoms with Crippen molar-refractivity contribution in [2.45, 2.75) is 39.8 Å². The van der Waals surface area contributed by atoms with E-state index < -0.39 is 17.3 Å². The van der Waals surface area contributed by atoms with Crippen LogP contribution in [0.15, 0.2) is 78.1 Å². The number of carbonyl (C=O) groups excluding carboxylic acids is 3. The van der Waals surface area contributed by atoms with E-state index >= 15 is 4.39 Å². The molecular formula is C35H42Cl2FN3O4. The van der Waals surface area contributed by atoms with Gasteiger partial charge in [-0.1, -0.05) is 81.8 Å². The molecule has 2 heterocycles. The molecule has 2 aliphatic heterocycles. The fourth-order valence-corrected chi connectivity index (χ4v) is 6.69. The second kappa shape index (κ2) is 15.3. The lowest BCUT2D eigenvalue weighted by Crippen LogP contribution is -2.53. The van der Waals surface area contributed by atoms with Gasteiger partial charge in [0, 0.05) is 53.4 Å². The third-order valence-corrected chi connectivity index (χ3v) is 8.44. The van der Waals surface area contributed by atoms with Gasteiger partial charge in [-0.2, -0.15) is 0 Å². The van der Waals surface area contributed by atoms with Crippen molar-refractivity contribution in [3.05, 3.63) is 99.8 Å². The highest BCUT2D eigenvalue weighted by molar-refractivity contribution is 6.31. The number of anilines is 1. The van der Waals surface area contributed by atoms with E-state index in [0.717, 1.165) is 11.1 Å². The Bertz CT molecular complexity index is 1450. The molecular weight excluding hydrogens is 616 g/mol. The maximum absolute atomic E-state index is 16.6. The van der Waals surface area contributed by atoms with Crippen molar-refractivity contribution in [3.8, 4) is 0 Å². The van der Waals surface area contributed by atoms with Crippen LogP contribution in [-0.2, 0) is 26.4 Å². The van der Waals surface area contributed by atoms with Crippen molar-refractivity contribution in [2.75, 3.05) is 38.6 Å². The van der Waals surface area contributed by atoms with Crippen LogP contribution in [0.4, 0.5) is 10.1 Å². The van der Waals surface area contributed by atoms with Crippen LogP contribution in [0.1, 0.15) is 49.2 Å². The zero-order chi connectivity index (χ0) is 33.5. The van der Waals surface area contributed by atoms with E-state index in [4.69, 9.17) is 32.7 Å². The first-order valence-corrected chi connectivity index (χ1v) is 15.5. The number of likely N-dealkylation sites (tertiary alicyclic amines) is 1. The topological polar surface area (TPSA) is 79.0 Å². The van der Waals surface area contributed by atoms with Gasteiger partial charge in [-0.3, -0.25) is 14.6 Å². The molecule has 0 aliphatic carbocycles. The van der Waals surface area contributed by atoms with Crippen molar-refractivity contribution < 1.29 is 23.5 Å². The molecule has 1 unspecified atom stereocenters. The number of hydrogen-bond donors (Lipinski definition) is 1. The summed E-state index contributed by atoms with van der Waals surface area (Å²) < 4.78 is 21.5. The molecule has 0 bridgehead atoms. The van der Waals surface area contributed by atoms with E-state index in [-0.39, 0.29) is 28.2 Å². The minimum absolute atomic E-state index is 0.163. The number of nitrogens with one attached hydrogen (secondary N) is 1. The summed E-state index contributed by atoms with van der Waals surface area (Å²) in [5.41, 5.74) is 1.42. The summed E-state index contributed by atoms with van der Waals surface area (Å²) >= 11 is 12.2. The van der Waals surface area contributed by atoms with Crippen LogP contribution in [0.25, 0.3) is 0 Å². The number of fused-ring (bicyclic) bond motifs is 2. The molecule has 2 aliphatic rings. The normalized spacial score (nSPS) is 21.5. The highest BCUT2D eigenvalue weighted by atomic mass is 35.5. The zero-order valence-corrected chi connectivity index (χ0v) is 28.1. The van der Waals surface area contributed by atoms with Crippen LogP contribution < -0.4 is 5.32 Å². The van der Waals surface area contributed by atoms with Gasteiger partial charge >= 0.3 is 5.97 Å². The molecule has 0 saturated carbocycles. The number of carbonyl (C=O) groups is 3. The predicted octanol–water partition coefficient (Wildman–Crippen LogP) is 7.37. The number of allylic oxidation sites excluding steroid dienone is 4. The Kier molecular flexibility index (Phi) is 12.3. The van der Waals surface area contributed by atoms with Crippen molar-refractivity contribution >= 4 is 47.6 Å². The van der Waals surface area contributed by atoms with Crippen LogP contribution in [0.5, 0.6) is 0 Å². The minimum Gasteiger partial charge on any atom is -0.465 e. The number of methoxy groups -OCH3 is 1. The third-order valence-electron chi connectivity index (χ3n) is 8.08. The second-order valence-electron chi connectivity index (χ2n) is 12.5. The SMILES string of the molecule is C=C(Cl)/C=C\C=C(/F)C1[C@H](CN(CC)Cc2ccc(C(=O)OC)cc2)CN(CC(C)(C)C)[C@@]12C(=O)Nc1cc(Cl)ccc12.C=O. The van der Waals surface area contributed by atoms with Crippen LogP contribution in [0.3, 0.4) is 0 Å². The zero-order valence-electron chi connectivity index (χ0n) is 26.5. The smallest absolute Gasteiger partial charge is 0.337 e. The van der Waals surface area contributed by atoms with E-state index in [1.165, 1.54) is 25.3 Å². The maximum atomic E-state index is 16.6. The number of rotatable bonds is 10. The molecule has 1 fully saturated rings. The van der Waals surface area contributed by atoms with Gasteiger partial charge in [0.1, 0.15) is 18.2 Å². The van der Waals surface area contributed by atoms with E-state index in [9.17, 15) is 9.59 Å². The molecule has 3 atom stereocenters. The van der Waals surface area contributed by atoms with E-state index in [1.807, 2.05) is 25.0 Å². The van der Waals surface area contributed by atoms with Crippen LogP contribution >= 0.6 is 23.2 Å². The Labute approximate surface area is 275 Å². The second-order valence-corrected chi connectivity index (χ2v) is 13.4. The summed E-state index contributed by atoms with van der Waals surface area (Å²) in [6.07, 6.45) is 4.47. The number of benzene rings is 2. The summed E-state index contributed by atoms with van der Waals surface area (Å²) in [6.45, 7) is 17.0. The fraction of sp³-hybridized carbons (Fsp3) is 0.400. The Hall–Kier alpha value is -3.30. The predicted molar refractivity (Wildman–Crippen MR) is 179 cm³/mol. The summed E-state index contributed by atoms with van der Waals surface area (Å²) in [5, 5.41) is 3.81. The fourth-order valence-electron chi connectivity index (χ4n) is 6.44. The number of halogens is 3. The Morgan fingerprint density at radius 1 is 1.22 bits per heavy atom. The van der Waals surface area contributed by atoms with Gasteiger partial charge in [0.05, 0.1) is 12.7 Å². The first-order chi connectivity index (χ1) is 21.3. The van der Waals surface area contributed by atoms with Gasteiger partial charge < -0.3 is 14.8 Å². The van der Waals surface area contributed by atoms with Gasteiger partial charge in [0.15, 0.2) is 0 Å². The quantitative estimate of drug-likeness (QED) is 0.212. The van der Waals surface area contributed by atoms with Crippen LogP contribution in [0, 0.1) is 17.3 Å². The number of nitrogens with zero attached hydrogens (tertiary/aromatic N) is 2. The highest BCUT2D eigenvalue weighted by Gasteiger charge is 2.64. The lowest BCUT2D eigenvalue weighted by Gasteiger charge is -2.40. The molecule has 2 aromatic carbocycles. The van der Waals surface area contributed by atoms with Crippen molar-refractivity contribution in [1.82, 2.24) is 9.80 Å². The van der Waals surface area contributed by atoms with Crippen molar-refractivity contribution in [2.24, 2.45) is 17.3 Å². The largest absolute Gasteiger partial charge is 0.465 e. The molecule has 2 aromatic rings. The van der Waals surface area contributed by atoms with Crippen molar-refractivity contribution in [3.63, 3.8) is 0 Å². The number of ether oxygens (including phenoxy) is 1. The first-order valence-electron chi connectivity index (χ1n) is 14.7. The molecule has 4 rings (SSSR count). The van der Waals surface area contributed by atoms with Crippen molar-refractivity contribution in [1.29, 1.82) is 0 Å². The number of amides is 1. The molecule has 1 amide bonds. The Balaban J connectivity index is 0.00000271. The van der Waals surface area contributed by atoms with Crippen LogP contribution in [0.2, 0.25) is 5.02 Å². The lowest BCUT2D eigenvalue weighted by atomic mass is 9.74. The molecule has 242 valence electrons. The van der Waals surface area contributed by atoms with E-state index in [0.29, 0.717) is 49.0 Å². The van der Waals surface area contributed by atoms with E-state index in [1.54, 1.807) is 24.3 Å². The molecule has 10 heteroatoms. The molecule has 1 spiro atoms. The number of esters is 1. The maximum Gasteiger partial charge on any atom is 0.337 e. The molecule has 7 nitrogen and oxygen atoms in total. The van der Waals surface area contributed by atoms with Gasteiger partial charge in [0.2, 0.25) is 5.91 Å². The summed E-state index contributed by atoms with van der Waals surface area (Å²) in [4.78, 5) is 38.5. The lowest BCUT2D eigenvalue weighted by molar-refractivity contribution is -0.129. The van der Waals surface area contributed by atoms with Gasteiger partial charge in [-0.25, -0.2) is 9.18 Å². The Morgan fingerprint density at radius 2 is 1.89 bits per heavy atom. The van der Waals surface area contributed by atoms with Crippen LogP contribution in [-0.4, -0.2) is 61.8 Å². The molecule has 1 saturated heterocycles. The average molecular weight is 659 g/mol. The van der Waals surface area contributed by atoms with Gasteiger partial charge in [-0.05, 0) is 59.9 Å². The van der Waals surface area contributed by atoms with E-state index in [2.05, 4.69) is 49.4 Å². The number of hydrogen-bond acceptors (Lipinski definition) is 6. The van der Waals surface area contributed by atoms with Gasteiger partial charge in [-0.15, -0.1) is 0 Å². The molecule has 45 heavy (non-hydrogen) atoms. The third kappa shape index (κ3) is 8.11. The monoisotopic (exact) mass is 657 g/mol. The standard InChI is InChI=1S/C34H40Cl2FN3O3.CH2O/c1-7-39(18-23-11-13-24(14-12-23)31(41)43-6)19-25-20-40(21-33(3,4)5)34(30(25)28(37)10-8-9-22(2)35)27-16-15-26(36)17-29(27)38-32(34)42;1-2/h8-17,25,30H,2,7,18-21H2,1,3-6H3,(H,38,42);1H2/b9-8-,28-10-;/t25-,30?,34-;/m1./s1. The molecule has 0 aromatic heterocycles. The first kappa shape index (κ1) is 36.2. The summed E-state index contributed by atoms with van der Waals surface area (Å²) in [7, 11) is 1.36. The molecule has 1 N–H and O–H groups in total. The minimum atomic E-state index is -1.26. The Morgan fingerprint density at radius 3 is 2.47 bits per heavy atom. The molecule has 0 radical (unpaired) electrons. The highest BCUT2D eigenvalue weighted by Crippen LogP contribution is 2.56.